The Morgan fingerprint density at radius 3 is 2.62 bits per heavy atom. The minimum absolute atomic E-state index is 0.00425. The molecule has 0 spiro atoms. The zero-order valence-electron chi connectivity index (χ0n) is 12.9. The van der Waals surface area contributed by atoms with Gasteiger partial charge in [-0.25, -0.2) is 0 Å². The van der Waals surface area contributed by atoms with Crippen molar-refractivity contribution in [2.45, 2.75) is 52.4 Å². The van der Waals surface area contributed by atoms with Crippen molar-refractivity contribution in [1.29, 1.82) is 0 Å². The van der Waals surface area contributed by atoms with Gasteiger partial charge in [-0.3, -0.25) is 10.1 Å². The van der Waals surface area contributed by atoms with E-state index in [-0.39, 0.29) is 5.69 Å². The number of anilines is 1. The zero-order valence-corrected chi connectivity index (χ0v) is 12.9. The summed E-state index contributed by atoms with van der Waals surface area (Å²) in [6, 6.07) is 2.81. The molecule has 0 aromatic carbocycles. The van der Waals surface area contributed by atoms with Crippen LogP contribution in [0.25, 0.3) is 0 Å². The molecule has 1 N–H and O–H groups in total. The van der Waals surface area contributed by atoms with Gasteiger partial charge in [0.1, 0.15) is 5.82 Å². The molecule has 0 atom stereocenters. The predicted molar refractivity (Wildman–Crippen MR) is 83.9 cm³/mol. The van der Waals surface area contributed by atoms with Crippen molar-refractivity contribution in [2.75, 3.05) is 18.5 Å². The largest absolute Gasteiger partial charge is 0.477 e. The van der Waals surface area contributed by atoms with Gasteiger partial charge in [0.2, 0.25) is 5.88 Å². The SMILES string of the molecule is CCCCCCCOc1cc([N+](=O)[O-])cc(NCCC)n1. The quantitative estimate of drug-likeness (QED) is 0.377. The summed E-state index contributed by atoms with van der Waals surface area (Å²) in [4.78, 5) is 14.7. The van der Waals surface area contributed by atoms with E-state index < -0.39 is 4.92 Å². The average molecular weight is 295 g/mol. The highest BCUT2D eigenvalue weighted by atomic mass is 16.6. The first kappa shape index (κ1) is 17.2. The number of aromatic nitrogens is 1. The molecule has 0 saturated heterocycles. The standard InChI is InChI=1S/C15H25N3O3/c1-3-5-6-7-8-10-21-15-12-13(18(19)20)11-14(17-15)16-9-4-2/h11-12H,3-10H2,1-2H3,(H,16,17). The van der Waals surface area contributed by atoms with Crippen molar-refractivity contribution in [2.24, 2.45) is 0 Å². The molecule has 0 aliphatic rings. The van der Waals surface area contributed by atoms with Crippen molar-refractivity contribution >= 4 is 11.5 Å². The monoisotopic (exact) mass is 295 g/mol. The molecule has 0 aliphatic heterocycles. The van der Waals surface area contributed by atoms with E-state index in [0.717, 1.165) is 25.8 Å². The molecule has 0 saturated carbocycles. The van der Waals surface area contributed by atoms with Crippen LogP contribution in [-0.4, -0.2) is 23.1 Å². The maximum absolute atomic E-state index is 10.9. The molecule has 1 heterocycles. The van der Waals surface area contributed by atoms with Crippen molar-refractivity contribution in [1.82, 2.24) is 4.98 Å². The third-order valence-electron chi connectivity index (χ3n) is 3.05. The van der Waals surface area contributed by atoms with Crippen molar-refractivity contribution in [3.8, 4) is 5.88 Å². The van der Waals surface area contributed by atoms with Gasteiger partial charge < -0.3 is 10.1 Å². The number of nitro groups is 1. The van der Waals surface area contributed by atoms with Crippen LogP contribution < -0.4 is 10.1 Å². The second-order valence-electron chi connectivity index (χ2n) is 5.00. The van der Waals surface area contributed by atoms with E-state index in [4.69, 9.17) is 4.74 Å². The fourth-order valence-corrected chi connectivity index (χ4v) is 1.90. The fourth-order valence-electron chi connectivity index (χ4n) is 1.90. The highest BCUT2D eigenvalue weighted by molar-refractivity contribution is 5.48. The van der Waals surface area contributed by atoms with Gasteiger partial charge in [0.15, 0.2) is 0 Å². The van der Waals surface area contributed by atoms with Crippen LogP contribution in [0.2, 0.25) is 0 Å². The van der Waals surface area contributed by atoms with Gasteiger partial charge in [-0.05, 0) is 12.8 Å². The molecule has 0 amide bonds. The summed E-state index contributed by atoms with van der Waals surface area (Å²) in [6.07, 6.45) is 6.63. The van der Waals surface area contributed by atoms with Crippen LogP contribution in [-0.2, 0) is 0 Å². The second kappa shape index (κ2) is 9.96. The first-order valence-corrected chi connectivity index (χ1v) is 7.70. The Morgan fingerprint density at radius 2 is 1.95 bits per heavy atom. The number of nitrogens with one attached hydrogen (secondary N) is 1. The van der Waals surface area contributed by atoms with Gasteiger partial charge in [0.05, 0.1) is 23.7 Å². The Labute approximate surface area is 126 Å². The van der Waals surface area contributed by atoms with E-state index in [1.165, 1.54) is 31.4 Å². The van der Waals surface area contributed by atoms with E-state index in [1.54, 1.807) is 0 Å². The predicted octanol–water partition coefficient (Wildman–Crippen LogP) is 4.16. The average Bonchev–Trinajstić information content (AvgIpc) is 2.48. The van der Waals surface area contributed by atoms with E-state index in [1.807, 2.05) is 6.92 Å². The van der Waals surface area contributed by atoms with E-state index in [2.05, 4.69) is 17.2 Å². The van der Waals surface area contributed by atoms with Gasteiger partial charge >= 0.3 is 0 Å². The zero-order chi connectivity index (χ0) is 15.5. The summed E-state index contributed by atoms with van der Waals surface area (Å²) in [5.74, 6) is 0.810. The van der Waals surface area contributed by atoms with Gasteiger partial charge in [-0.15, -0.1) is 0 Å². The molecule has 6 heteroatoms. The number of hydrogen-bond acceptors (Lipinski definition) is 5. The Bertz CT molecular complexity index is 438. The normalized spacial score (nSPS) is 10.4. The number of hydrogen-bond donors (Lipinski definition) is 1. The van der Waals surface area contributed by atoms with E-state index in [9.17, 15) is 10.1 Å². The summed E-state index contributed by atoms with van der Waals surface area (Å²) in [6.45, 7) is 5.47. The summed E-state index contributed by atoms with van der Waals surface area (Å²) >= 11 is 0. The Hall–Kier alpha value is -1.85. The molecule has 1 rings (SSSR count). The van der Waals surface area contributed by atoms with Crippen LogP contribution in [0.1, 0.15) is 52.4 Å². The van der Waals surface area contributed by atoms with Crippen LogP contribution in [0.3, 0.4) is 0 Å². The molecule has 0 unspecified atom stereocenters. The lowest BCUT2D eigenvalue weighted by atomic mass is 10.2. The first-order valence-electron chi connectivity index (χ1n) is 7.70. The van der Waals surface area contributed by atoms with Crippen LogP contribution in [0.4, 0.5) is 11.5 Å². The number of pyridine rings is 1. The van der Waals surface area contributed by atoms with Crippen molar-refractivity contribution in [3.05, 3.63) is 22.2 Å². The van der Waals surface area contributed by atoms with Gasteiger partial charge in [-0.2, -0.15) is 4.98 Å². The van der Waals surface area contributed by atoms with Crippen LogP contribution >= 0.6 is 0 Å². The molecular formula is C15H25N3O3. The molecule has 0 aliphatic carbocycles. The molecule has 1 aromatic rings. The first-order chi connectivity index (χ1) is 10.2. The summed E-state index contributed by atoms with van der Waals surface area (Å²) in [7, 11) is 0. The molecule has 0 radical (unpaired) electrons. The smallest absolute Gasteiger partial charge is 0.278 e. The van der Waals surface area contributed by atoms with Crippen LogP contribution in [0.5, 0.6) is 5.88 Å². The summed E-state index contributed by atoms with van der Waals surface area (Å²) in [5.41, 5.74) is 0.00425. The maximum atomic E-state index is 10.9. The van der Waals surface area contributed by atoms with Gasteiger partial charge in [0, 0.05) is 6.54 Å². The maximum Gasteiger partial charge on any atom is 0.278 e. The molecular weight excluding hydrogens is 270 g/mol. The molecule has 0 bridgehead atoms. The number of unbranched alkanes of at least 4 members (excludes halogenated alkanes) is 4. The molecule has 118 valence electrons. The molecule has 21 heavy (non-hydrogen) atoms. The lowest BCUT2D eigenvalue weighted by Gasteiger charge is -2.08. The summed E-state index contributed by atoms with van der Waals surface area (Å²) < 4.78 is 5.54. The Morgan fingerprint density at radius 1 is 1.19 bits per heavy atom. The third kappa shape index (κ3) is 6.92. The fraction of sp³-hybridized carbons (Fsp3) is 0.667. The lowest BCUT2D eigenvalue weighted by molar-refractivity contribution is -0.384. The second-order valence-corrected chi connectivity index (χ2v) is 5.00. The third-order valence-corrected chi connectivity index (χ3v) is 3.05. The van der Waals surface area contributed by atoms with E-state index >= 15 is 0 Å². The van der Waals surface area contributed by atoms with Gasteiger partial charge in [0.25, 0.3) is 5.69 Å². The molecule has 6 nitrogen and oxygen atoms in total. The van der Waals surface area contributed by atoms with Crippen LogP contribution in [0, 0.1) is 10.1 Å². The van der Waals surface area contributed by atoms with Crippen molar-refractivity contribution < 1.29 is 9.66 Å². The Kier molecular flexibility index (Phi) is 8.16. The minimum atomic E-state index is -0.424. The number of nitrogens with zero attached hydrogens (tertiary/aromatic N) is 2. The number of ether oxygens (including phenoxy) is 1. The number of rotatable bonds is 11. The lowest BCUT2D eigenvalue weighted by Crippen LogP contribution is -2.05. The van der Waals surface area contributed by atoms with Gasteiger partial charge in [-0.1, -0.05) is 39.5 Å². The van der Waals surface area contributed by atoms with Crippen LogP contribution in [0.15, 0.2) is 12.1 Å². The van der Waals surface area contributed by atoms with Crippen molar-refractivity contribution in [3.63, 3.8) is 0 Å². The Balaban J connectivity index is 2.54. The topological polar surface area (TPSA) is 77.3 Å². The van der Waals surface area contributed by atoms with E-state index in [0.29, 0.717) is 18.3 Å². The summed E-state index contributed by atoms with van der Waals surface area (Å²) in [5, 5.41) is 14.0. The highest BCUT2D eigenvalue weighted by Gasteiger charge is 2.11. The minimum Gasteiger partial charge on any atom is -0.477 e. The molecule has 0 fully saturated rings. The highest BCUT2D eigenvalue weighted by Crippen LogP contribution is 2.22. The molecule has 1 aromatic heterocycles.